The molecule has 2 rings (SSSR count). The molecule has 1 fully saturated rings. The molecule has 0 spiro atoms. The van der Waals surface area contributed by atoms with Crippen LogP contribution < -0.4 is 5.73 Å². The monoisotopic (exact) mass is 350 g/mol. The van der Waals surface area contributed by atoms with Crippen LogP contribution in [0.4, 0.5) is 4.39 Å². The van der Waals surface area contributed by atoms with Gasteiger partial charge in [-0.1, -0.05) is 15.9 Å². The van der Waals surface area contributed by atoms with Crippen LogP contribution in [0.25, 0.3) is 0 Å². The van der Waals surface area contributed by atoms with Gasteiger partial charge in [0.25, 0.3) is 0 Å². The Bertz CT molecular complexity index is 394. The molecule has 2 atom stereocenters. The first kappa shape index (κ1) is 16.9. The zero-order valence-corrected chi connectivity index (χ0v) is 13.5. The highest BCUT2D eigenvalue weighted by Gasteiger charge is 2.22. The number of benzene rings is 1. The second kappa shape index (κ2) is 7.58. The molecular weight excluding hydrogens is 331 g/mol. The molecule has 19 heavy (non-hydrogen) atoms. The van der Waals surface area contributed by atoms with Crippen LogP contribution in [0.3, 0.4) is 0 Å². The van der Waals surface area contributed by atoms with Crippen molar-refractivity contribution >= 4 is 28.3 Å². The molecule has 2 N–H and O–H groups in total. The van der Waals surface area contributed by atoms with Gasteiger partial charge >= 0.3 is 0 Å². The van der Waals surface area contributed by atoms with Gasteiger partial charge in [-0.25, -0.2) is 4.39 Å². The van der Waals surface area contributed by atoms with E-state index in [0.29, 0.717) is 5.92 Å². The van der Waals surface area contributed by atoms with Crippen LogP contribution in [0.5, 0.6) is 0 Å². The number of halogens is 3. The number of nitrogens with zero attached hydrogens (tertiary/aromatic N) is 1. The summed E-state index contributed by atoms with van der Waals surface area (Å²) in [6.45, 7) is 4.98. The van der Waals surface area contributed by atoms with Gasteiger partial charge in [0.05, 0.1) is 0 Å². The molecule has 2 nitrogen and oxygen atoms in total. The smallest absolute Gasteiger partial charge is 0.124 e. The first-order valence-electron chi connectivity index (χ1n) is 6.47. The SMILES string of the molecule is CC(N)C1CCCN(Cc2cc(F)cc(Br)c2)C1.Cl. The lowest BCUT2D eigenvalue weighted by Crippen LogP contribution is -2.41. The van der Waals surface area contributed by atoms with E-state index in [-0.39, 0.29) is 24.3 Å². The largest absolute Gasteiger partial charge is 0.328 e. The number of hydrogen-bond donors (Lipinski definition) is 1. The van der Waals surface area contributed by atoms with Gasteiger partial charge in [-0.3, -0.25) is 4.90 Å². The van der Waals surface area contributed by atoms with Crippen LogP contribution >= 0.6 is 28.3 Å². The Balaban J connectivity index is 0.00000180. The Morgan fingerprint density at radius 3 is 2.84 bits per heavy atom. The zero-order valence-electron chi connectivity index (χ0n) is 11.1. The first-order valence-corrected chi connectivity index (χ1v) is 7.27. The Hall–Kier alpha value is -0.160. The Kier molecular flexibility index (Phi) is 6.74. The normalized spacial score (nSPS) is 21.8. The highest BCUT2D eigenvalue weighted by Crippen LogP contribution is 2.22. The third-order valence-electron chi connectivity index (χ3n) is 3.61. The summed E-state index contributed by atoms with van der Waals surface area (Å²) in [5.74, 6) is 0.385. The molecule has 1 aromatic rings. The molecule has 0 aromatic heterocycles. The van der Waals surface area contributed by atoms with Gasteiger partial charge in [0.15, 0.2) is 0 Å². The van der Waals surface area contributed by atoms with Crippen molar-refractivity contribution in [3.05, 3.63) is 34.1 Å². The van der Waals surface area contributed by atoms with Crippen molar-refractivity contribution in [3.63, 3.8) is 0 Å². The maximum Gasteiger partial charge on any atom is 0.124 e. The third-order valence-corrected chi connectivity index (χ3v) is 4.07. The van der Waals surface area contributed by atoms with Gasteiger partial charge in [0.2, 0.25) is 0 Å². The fourth-order valence-electron chi connectivity index (χ4n) is 2.62. The van der Waals surface area contributed by atoms with E-state index in [1.807, 2.05) is 6.07 Å². The highest BCUT2D eigenvalue weighted by molar-refractivity contribution is 9.10. The summed E-state index contributed by atoms with van der Waals surface area (Å²) < 4.78 is 14.1. The molecule has 0 radical (unpaired) electrons. The molecule has 1 aliphatic rings. The number of rotatable bonds is 3. The van der Waals surface area contributed by atoms with E-state index in [1.54, 1.807) is 6.07 Å². The fourth-order valence-corrected chi connectivity index (χ4v) is 3.14. The highest BCUT2D eigenvalue weighted by atomic mass is 79.9. The third kappa shape index (κ3) is 5.03. The second-order valence-electron chi connectivity index (χ2n) is 5.27. The topological polar surface area (TPSA) is 29.3 Å². The average Bonchev–Trinajstić information content (AvgIpc) is 2.27. The van der Waals surface area contributed by atoms with Gasteiger partial charge in [-0.2, -0.15) is 0 Å². The van der Waals surface area contributed by atoms with Crippen molar-refractivity contribution in [2.24, 2.45) is 11.7 Å². The molecule has 0 bridgehead atoms. The van der Waals surface area contributed by atoms with E-state index in [9.17, 15) is 4.39 Å². The van der Waals surface area contributed by atoms with Crippen LogP contribution in [-0.4, -0.2) is 24.0 Å². The summed E-state index contributed by atoms with van der Waals surface area (Å²) in [7, 11) is 0. The number of nitrogens with two attached hydrogens (primary N) is 1. The summed E-state index contributed by atoms with van der Waals surface area (Å²) in [6, 6.07) is 5.33. The fraction of sp³-hybridized carbons (Fsp3) is 0.571. The van der Waals surface area contributed by atoms with Crippen molar-refractivity contribution in [2.45, 2.75) is 32.4 Å². The number of hydrogen-bond acceptors (Lipinski definition) is 2. The Labute approximate surface area is 129 Å². The lowest BCUT2D eigenvalue weighted by Gasteiger charge is -2.34. The molecule has 2 unspecified atom stereocenters. The molecular formula is C14H21BrClFN2. The van der Waals surface area contributed by atoms with E-state index in [2.05, 4.69) is 27.8 Å². The zero-order chi connectivity index (χ0) is 13.1. The summed E-state index contributed by atoms with van der Waals surface area (Å²) >= 11 is 3.33. The van der Waals surface area contributed by atoms with E-state index < -0.39 is 0 Å². The van der Waals surface area contributed by atoms with Crippen molar-refractivity contribution in [1.82, 2.24) is 4.90 Å². The first-order chi connectivity index (χ1) is 8.54. The minimum atomic E-state index is -0.180. The van der Waals surface area contributed by atoms with Gasteiger partial charge in [0, 0.05) is 23.6 Å². The van der Waals surface area contributed by atoms with Crippen molar-refractivity contribution in [1.29, 1.82) is 0 Å². The van der Waals surface area contributed by atoms with Crippen LogP contribution in [0, 0.1) is 11.7 Å². The minimum absolute atomic E-state index is 0. The lowest BCUT2D eigenvalue weighted by atomic mass is 9.92. The van der Waals surface area contributed by atoms with E-state index in [0.717, 1.165) is 29.7 Å². The van der Waals surface area contributed by atoms with E-state index in [1.165, 1.54) is 18.9 Å². The molecule has 1 aliphatic heterocycles. The molecule has 1 aromatic carbocycles. The Morgan fingerprint density at radius 2 is 2.21 bits per heavy atom. The average molecular weight is 352 g/mol. The maximum absolute atomic E-state index is 13.3. The van der Waals surface area contributed by atoms with Crippen LogP contribution in [0.2, 0.25) is 0 Å². The second-order valence-corrected chi connectivity index (χ2v) is 6.19. The van der Waals surface area contributed by atoms with Gasteiger partial charge < -0.3 is 5.73 Å². The molecule has 0 aliphatic carbocycles. The quantitative estimate of drug-likeness (QED) is 0.902. The van der Waals surface area contributed by atoms with Crippen LogP contribution in [-0.2, 0) is 6.54 Å². The predicted molar refractivity (Wildman–Crippen MR) is 83.0 cm³/mol. The van der Waals surface area contributed by atoms with Crippen molar-refractivity contribution in [2.75, 3.05) is 13.1 Å². The number of likely N-dealkylation sites (tertiary alicyclic amines) is 1. The summed E-state index contributed by atoms with van der Waals surface area (Å²) in [5, 5.41) is 0. The standard InChI is InChI=1S/C14H20BrFN2.ClH/c1-10(17)12-3-2-4-18(9-12)8-11-5-13(15)7-14(16)6-11;/h5-7,10,12H,2-4,8-9,17H2,1H3;1H. The Morgan fingerprint density at radius 1 is 1.47 bits per heavy atom. The summed E-state index contributed by atoms with van der Waals surface area (Å²) in [5.41, 5.74) is 7.00. The van der Waals surface area contributed by atoms with Gasteiger partial charge in [-0.05, 0) is 56.0 Å². The van der Waals surface area contributed by atoms with Crippen molar-refractivity contribution < 1.29 is 4.39 Å². The van der Waals surface area contributed by atoms with E-state index in [4.69, 9.17) is 5.73 Å². The van der Waals surface area contributed by atoms with Gasteiger partial charge in [0.1, 0.15) is 5.82 Å². The molecule has 0 saturated carbocycles. The van der Waals surface area contributed by atoms with Crippen molar-refractivity contribution in [3.8, 4) is 0 Å². The van der Waals surface area contributed by atoms with E-state index >= 15 is 0 Å². The molecule has 5 heteroatoms. The minimum Gasteiger partial charge on any atom is -0.328 e. The van der Waals surface area contributed by atoms with Crippen LogP contribution in [0.1, 0.15) is 25.3 Å². The molecule has 0 amide bonds. The predicted octanol–water partition coefficient (Wildman–Crippen LogP) is 3.57. The number of piperidine rings is 1. The molecule has 1 saturated heterocycles. The lowest BCUT2D eigenvalue weighted by molar-refractivity contribution is 0.154. The summed E-state index contributed by atoms with van der Waals surface area (Å²) in [6.07, 6.45) is 2.39. The molecule has 108 valence electrons. The maximum atomic E-state index is 13.3. The van der Waals surface area contributed by atoms with Gasteiger partial charge in [-0.15, -0.1) is 12.4 Å². The summed E-state index contributed by atoms with van der Waals surface area (Å²) in [4.78, 5) is 2.37. The van der Waals surface area contributed by atoms with Crippen LogP contribution in [0.15, 0.2) is 22.7 Å². The molecule has 1 heterocycles.